The average Bonchev–Trinajstić information content (AvgIpc) is 4.06. The zero-order valence-corrected chi connectivity index (χ0v) is 41.5. The number of carboxylic acid groups (broad SMARTS) is 1. The lowest BCUT2D eigenvalue weighted by Crippen LogP contribution is -2.45. The van der Waals surface area contributed by atoms with Crippen molar-refractivity contribution in [2.24, 2.45) is 5.10 Å². The number of hydrogen-bond donors (Lipinski definition) is 1. The summed E-state index contributed by atoms with van der Waals surface area (Å²) >= 11 is 3.26. The number of benzene rings is 4. The van der Waals surface area contributed by atoms with Crippen molar-refractivity contribution in [1.29, 1.82) is 0 Å². The monoisotopic (exact) mass is 925 g/mol. The van der Waals surface area contributed by atoms with Gasteiger partial charge in [0.25, 0.3) is 5.91 Å². The number of hydrazone groups is 1. The number of amides is 1. The SMILES string of the molecule is CC1(C)CCN2CCC(C)(C)c3cc(N(c4ccc(-c5ccc(-c6ccc(C=C7C(=O)N(c8ccccc8)N=C7C(=O)O)s6)s5)cc4)c4cc5c6c(c4)C(C)(C)CCN6CCC5(C)C)cc1c32. The van der Waals surface area contributed by atoms with Crippen molar-refractivity contribution < 1.29 is 14.7 Å². The molecule has 0 atom stereocenters. The second kappa shape index (κ2) is 15.5. The van der Waals surface area contributed by atoms with Crippen LogP contribution in [-0.4, -0.2) is 48.9 Å². The molecule has 0 radical (unpaired) electrons. The molecule has 0 saturated heterocycles. The maximum atomic E-state index is 13.5. The van der Waals surface area contributed by atoms with Gasteiger partial charge < -0.3 is 19.8 Å². The van der Waals surface area contributed by atoms with Gasteiger partial charge in [0.1, 0.15) is 0 Å². The highest BCUT2D eigenvalue weighted by Crippen LogP contribution is 2.55. The summed E-state index contributed by atoms with van der Waals surface area (Å²) < 4.78 is 0. The van der Waals surface area contributed by atoms with E-state index in [1.54, 1.807) is 41.7 Å². The van der Waals surface area contributed by atoms with E-state index in [1.165, 1.54) is 56.3 Å². The molecule has 4 aromatic carbocycles. The van der Waals surface area contributed by atoms with Gasteiger partial charge in [-0.1, -0.05) is 85.7 Å². The Hall–Kier alpha value is -5.97. The summed E-state index contributed by atoms with van der Waals surface area (Å²) in [7, 11) is 0. The number of carbonyl (C=O) groups excluding carboxylic acids is 1. The van der Waals surface area contributed by atoms with Crippen molar-refractivity contribution in [2.45, 2.75) is 103 Å². The van der Waals surface area contributed by atoms with E-state index in [9.17, 15) is 14.7 Å². The molecule has 0 fully saturated rings. The normalized spacial score (nSPS) is 20.1. The Morgan fingerprint density at radius 1 is 0.597 bits per heavy atom. The third-order valence-corrected chi connectivity index (χ3v) is 17.9. The van der Waals surface area contributed by atoms with Gasteiger partial charge >= 0.3 is 5.97 Å². The van der Waals surface area contributed by atoms with Gasteiger partial charge in [-0.2, -0.15) is 10.1 Å². The number of hydrogen-bond acceptors (Lipinski definition) is 8. The van der Waals surface area contributed by atoms with E-state index in [-0.39, 0.29) is 32.9 Å². The van der Waals surface area contributed by atoms with Crippen LogP contribution in [0.4, 0.5) is 34.1 Å². The molecule has 6 aromatic rings. The number of rotatable bonds is 8. The molecule has 1 amide bonds. The maximum Gasteiger partial charge on any atom is 0.357 e. The van der Waals surface area contributed by atoms with Crippen molar-refractivity contribution in [2.75, 3.05) is 45.9 Å². The first kappa shape index (κ1) is 43.6. The molecule has 2 aromatic heterocycles. The molecule has 342 valence electrons. The van der Waals surface area contributed by atoms with E-state index in [1.807, 2.05) is 18.2 Å². The smallest absolute Gasteiger partial charge is 0.357 e. The molecule has 67 heavy (non-hydrogen) atoms. The fourth-order valence-electron chi connectivity index (χ4n) is 11.1. The van der Waals surface area contributed by atoms with Crippen LogP contribution >= 0.6 is 22.7 Å². The second-order valence-corrected chi connectivity index (χ2v) is 24.0. The van der Waals surface area contributed by atoms with Crippen LogP contribution in [-0.2, 0) is 31.2 Å². The Morgan fingerprint density at radius 2 is 1.06 bits per heavy atom. The Bertz CT molecular complexity index is 2880. The van der Waals surface area contributed by atoms with Crippen molar-refractivity contribution in [1.82, 2.24) is 0 Å². The molecular formula is C57H59N5O3S2. The van der Waals surface area contributed by atoms with Crippen molar-refractivity contribution >= 4 is 80.5 Å². The van der Waals surface area contributed by atoms with Crippen LogP contribution in [0.25, 0.3) is 26.3 Å². The molecule has 0 bridgehead atoms. The van der Waals surface area contributed by atoms with Crippen LogP contribution in [0.15, 0.2) is 114 Å². The van der Waals surface area contributed by atoms with Crippen LogP contribution < -0.4 is 19.7 Å². The third-order valence-electron chi connectivity index (χ3n) is 15.5. The zero-order valence-electron chi connectivity index (χ0n) is 39.9. The summed E-state index contributed by atoms with van der Waals surface area (Å²) in [5.74, 6) is -1.69. The lowest BCUT2D eigenvalue weighted by atomic mass is 9.69. The highest BCUT2D eigenvalue weighted by Gasteiger charge is 2.43. The van der Waals surface area contributed by atoms with Crippen molar-refractivity contribution in [3.63, 3.8) is 0 Å². The third kappa shape index (κ3) is 7.33. The summed E-state index contributed by atoms with van der Waals surface area (Å²) in [6.45, 7) is 24.0. The quantitative estimate of drug-likeness (QED) is 0.153. The number of anilines is 6. The lowest BCUT2D eigenvalue weighted by Gasteiger charge is -2.49. The average molecular weight is 926 g/mol. The minimum atomic E-state index is -1.24. The predicted octanol–water partition coefficient (Wildman–Crippen LogP) is 13.8. The summed E-state index contributed by atoms with van der Waals surface area (Å²) in [5.41, 5.74) is 14.1. The van der Waals surface area contributed by atoms with E-state index in [4.69, 9.17) is 0 Å². The maximum absolute atomic E-state index is 13.5. The first-order valence-electron chi connectivity index (χ1n) is 23.8. The van der Waals surface area contributed by atoms with Gasteiger partial charge in [-0.05, 0) is 154 Å². The largest absolute Gasteiger partial charge is 0.476 e. The molecule has 10 heteroatoms. The van der Waals surface area contributed by atoms with Gasteiger partial charge in [0.05, 0.1) is 11.3 Å². The molecule has 1 N–H and O–H groups in total. The molecule has 8 nitrogen and oxygen atoms in total. The van der Waals surface area contributed by atoms with Crippen LogP contribution in [0.5, 0.6) is 0 Å². The van der Waals surface area contributed by atoms with Crippen LogP contribution in [0.1, 0.15) is 108 Å². The number of para-hydroxylation sites is 1. The Morgan fingerprint density at radius 3 is 1.55 bits per heavy atom. The van der Waals surface area contributed by atoms with Gasteiger partial charge in [-0.15, -0.1) is 22.7 Å². The fourth-order valence-corrected chi connectivity index (χ4v) is 13.2. The number of nitrogens with zero attached hydrogens (tertiary/aromatic N) is 5. The van der Waals surface area contributed by atoms with Gasteiger partial charge in [-0.3, -0.25) is 4.79 Å². The van der Waals surface area contributed by atoms with Gasteiger partial charge in [0, 0.05) is 74.1 Å². The molecule has 0 unspecified atom stereocenters. The van der Waals surface area contributed by atoms with E-state index in [2.05, 4.69) is 136 Å². The minimum absolute atomic E-state index is 0.0517. The summed E-state index contributed by atoms with van der Waals surface area (Å²) in [6.07, 6.45) is 6.21. The molecule has 7 heterocycles. The van der Waals surface area contributed by atoms with Gasteiger partial charge in [0.2, 0.25) is 0 Å². The molecule has 0 aliphatic carbocycles. The van der Waals surface area contributed by atoms with Crippen molar-refractivity contribution in [3.05, 3.63) is 136 Å². The highest BCUT2D eigenvalue weighted by molar-refractivity contribution is 7.24. The molecule has 5 aliphatic heterocycles. The van der Waals surface area contributed by atoms with E-state index in [0.717, 1.165) is 87.6 Å². The molecule has 5 aliphatic rings. The van der Waals surface area contributed by atoms with E-state index < -0.39 is 11.9 Å². The van der Waals surface area contributed by atoms with Crippen LogP contribution in [0.3, 0.4) is 0 Å². The first-order chi connectivity index (χ1) is 31.9. The summed E-state index contributed by atoms with van der Waals surface area (Å²) in [5, 5.41) is 15.3. The topological polar surface area (TPSA) is 79.7 Å². The predicted molar refractivity (Wildman–Crippen MR) is 280 cm³/mol. The number of aliphatic carboxylic acids is 1. The van der Waals surface area contributed by atoms with E-state index in [0.29, 0.717) is 5.69 Å². The molecule has 0 spiro atoms. The molecule has 11 rings (SSSR count). The standard InChI is InChI=1S/C57H59N5O3S2/c1-54(2)22-26-59-27-23-55(3,4)43-31-38(30-42(54)50(43)59)61(39-32-44-51-45(33-39)57(7,8)25-29-60(51)28-24-56(44,5)6)36-16-14-35(15-17-36)46-20-21-48(67-46)47-19-18-40(66-47)34-41-49(53(64)65)58-62(52(41)63)37-12-10-9-11-13-37/h9-21,30-34H,22-29H2,1-8H3,(H,64,65). The summed E-state index contributed by atoms with van der Waals surface area (Å²) in [6, 6.07) is 36.5. The lowest BCUT2D eigenvalue weighted by molar-refractivity contribution is -0.129. The second-order valence-electron chi connectivity index (χ2n) is 21.8. The number of carboxylic acids is 1. The number of carbonyl (C=O) groups is 2. The summed E-state index contributed by atoms with van der Waals surface area (Å²) in [4.78, 5) is 37.7. The fraction of sp³-hybridized carbons (Fsp3) is 0.351. The Labute approximate surface area is 402 Å². The van der Waals surface area contributed by atoms with Crippen molar-refractivity contribution in [3.8, 4) is 20.2 Å². The first-order valence-corrected chi connectivity index (χ1v) is 25.4. The minimum Gasteiger partial charge on any atom is -0.476 e. The highest BCUT2D eigenvalue weighted by atomic mass is 32.1. The van der Waals surface area contributed by atoms with Gasteiger partial charge in [0.15, 0.2) is 5.71 Å². The molecular weight excluding hydrogens is 867 g/mol. The number of thiophene rings is 2. The van der Waals surface area contributed by atoms with E-state index >= 15 is 0 Å². The van der Waals surface area contributed by atoms with Gasteiger partial charge in [-0.25, -0.2) is 4.79 Å². The Balaban J connectivity index is 0.971. The molecule has 0 saturated carbocycles. The van der Waals surface area contributed by atoms with Crippen LogP contribution in [0.2, 0.25) is 0 Å². The zero-order chi connectivity index (χ0) is 46.8. The Kier molecular flexibility index (Phi) is 10.1. The van der Waals surface area contributed by atoms with Crippen LogP contribution in [0, 0.1) is 0 Å².